The Morgan fingerprint density at radius 1 is 1.04 bits per heavy atom. The van der Waals surface area contributed by atoms with Crippen LogP contribution in [0.1, 0.15) is 18.4 Å². The van der Waals surface area contributed by atoms with Gasteiger partial charge >= 0.3 is 0 Å². The summed E-state index contributed by atoms with van der Waals surface area (Å²) in [6.07, 6.45) is 1.80. The number of hydrogen-bond acceptors (Lipinski definition) is 4. The number of nitrogens with zero attached hydrogens (tertiary/aromatic N) is 1. The number of benzene rings is 2. The lowest BCUT2D eigenvalue weighted by Gasteiger charge is -2.15. The van der Waals surface area contributed by atoms with E-state index in [0.717, 1.165) is 18.4 Å². The minimum absolute atomic E-state index is 0.147. The van der Waals surface area contributed by atoms with Gasteiger partial charge in [0, 0.05) is 18.8 Å². The van der Waals surface area contributed by atoms with Crippen LogP contribution in [0.3, 0.4) is 0 Å². The van der Waals surface area contributed by atoms with E-state index in [9.17, 15) is 13.2 Å². The summed E-state index contributed by atoms with van der Waals surface area (Å²) in [5.74, 6) is 0.173. The van der Waals surface area contributed by atoms with Crippen LogP contribution in [0.2, 0.25) is 0 Å². The minimum Gasteiger partial charge on any atom is -0.484 e. The number of sulfonamides is 1. The zero-order valence-corrected chi connectivity index (χ0v) is 15.5. The zero-order valence-electron chi connectivity index (χ0n) is 14.6. The van der Waals surface area contributed by atoms with Crippen molar-refractivity contribution in [2.45, 2.75) is 24.7 Å². The van der Waals surface area contributed by atoms with Gasteiger partial charge in [-0.25, -0.2) is 8.42 Å². The Hall–Kier alpha value is -2.38. The average molecular weight is 374 g/mol. The number of rotatable bonds is 6. The molecule has 138 valence electrons. The summed E-state index contributed by atoms with van der Waals surface area (Å²) in [4.78, 5) is 12.2. The van der Waals surface area contributed by atoms with Gasteiger partial charge < -0.3 is 10.1 Å². The maximum atomic E-state index is 12.5. The Kier molecular flexibility index (Phi) is 5.58. The van der Waals surface area contributed by atoms with Crippen molar-refractivity contribution < 1.29 is 17.9 Å². The molecule has 0 spiro atoms. The molecule has 1 amide bonds. The van der Waals surface area contributed by atoms with Gasteiger partial charge in [-0.05, 0) is 56.2 Å². The first-order valence-electron chi connectivity index (χ1n) is 8.55. The van der Waals surface area contributed by atoms with Gasteiger partial charge in [-0.1, -0.05) is 17.7 Å². The molecule has 1 aliphatic rings. The van der Waals surface area contributed by atoms with Gasteiger partial charge in [0.2, 0.25) is 10.0 Å². The van der Waals surface area contributed by atoms with Crippen molar-refractivity contribution in [3.63, 3.8) is 0 Å². The lowest BCUT2D eigenvalue weighted by molar-refractivity contribution is -0.118. The second-order valence-electron chi connectivity index (χ2n) is 6.29. The quantitative estimate of drug-likeness (QED) is 0.844. The first-order chi connectivity index (χ1) is 12.4. The lowest BCUT2D eigenvalue weighted by Crippen LogP contribution is -2.27. The smallest absolute Gasteiger partial charge is 0.262 e. The maximum absolute atomic E-state index is 12.5. The minimum atomic E-state index is -3.43. The van der Waals surface area contributed by atoms with Gasteiger partial charge in [0.25, 0.3) is 5.91 Å². The molecule has 3 rings (SSSR count). The third kappa shape index (κ3) is 4.42. The molecule has 1 aliphatic heterocycles. The van der Waals surface area contributed by atoms with Crippen LogP contribution in [-0.2, 0) is 14.8 Å². The second kappa shape index (κ2) is 7.88. The standard InChI is InChI=1S/C19H22N2O4S/c1-15-4-6-16(7-5-15)20-19(22)14-25-17-8-10-18(11-9-17)26(23,24)21-12-2-3-13-21/h4-11H,2-3,12-14H2,1H3,(H,20,22). The van der Waals surface area contributed by atoms with Gasteiger partial charge in [-0.15, -0.1) is 0 Å². The van der Waals surface area contributed by atoms with Crippen molar-refractivity contribution >= 4 is 21.6 Å². The molecule has 7 heteroatoms. The molecule has 1 N–H and O–H groups in total. The summed E-state index contributed by atoms with van der Waals surface area (Å²) in [5.41, 5.74) is 1.82. The first kappa shape index (κ1) is 18.4. The molecular weight excluding hydrogens is 352 g/mol. The van der Waals surface area contributed by atoms with E-state index in [1.165, 1.54) is 16.4 Å². The van der Waals surface area contributed by atoms with E-state index >= 15 is 0 Å². The summed E-state index contributed by atoms with van der Waals surface area (Å²) in [6.45, 7) is 2.97. The Morgan fingerprint density at radius 2 is 1.65 bits per heavy atom. The van der Waals surface area contributed by atoms with Crippen LogP contribution in [0.4, 0.5) is 5.69 Å². The maximum Gasteiger partial charge on any atom is 0.262 e. The number of hydrogen-bond donors (Lipinski definition) is 1. The van der Waals surface area contributed by atoms with Crippen molar-refractivity contribution in [2.24, 2.45) is 0 Å². The zero-order chi connectivity index (χ0) is 18.6. The number of ether oxygens (including phenoxy) is 1. The predicted octanol–water partition coefficient (Wildman–Crippen LogP) is 2.80. The monoisotopic (exact) mass is 374 g/mol. The fraction of sp³-hybridized carbons (Fsp3) is 0.316. The van der Waals surface area contributed by atoms with Gasteiger partial charge in [-0.2, -0.15) is 4.31 Å². The molecule has 2 aromatic carbocycles. The highest BCUT2D eigenvalue weighted by Crippen LogP contribution is 2.23. The van der Waals surface area contributed by atoms with Crippen molar-refractivity contribution in [3.05, 3.63) is 54.1 Å². The fourth-order valence-corrected chi connectivity index (χ4v) is 4.29. The highest BCUT2D eigenvalue weighted by atomic mass is 32.2. The lowest BCUT2D eigenvalue weighted by atomic mass is 10.2. The number of amides is 1. The molecule has 0 bridgehead atoms. The van der Waals surface area contributed by atoms with Crippen LogP contribution < -0.4 is 10.1 Å². The summed E-state index contributed by atoms with van der Waals surface area (Å²) in [5, 5.41) is 2.75. The first-order valence-corrected chi connectivity index (χ1v) is 9.99. The second-order valence-corrected chi connectivity index (χ2v) is 8.22. The van der Waals surface area contributed by atoms with Gasteiger partial charge in [0.05, 0.1) is 4.90 Å². The molecule has 1 fully saturated rings. The molecular formula is C19H22N2O4S. The predicted molar refractivity (Wildman–Crippen MR) is 99.7 cm³/mol. The Morgan fingerprint density at radius 3 is 2.27 bits per heavy atom. The van der Waals surface area contributed by atoms with Crippen molar-refractivity contribution in [1.82, 2.24) is 4.31 Å². The number of aryl methyl sites for hydroxylation is 1. The van der Waals surface area contributed by atoms with Crippen LogP contribution >= 0.6 is 0 Å². The summed E-state index contributed by atoms with van der Waals surface area (Å²) in [6, 6.07) is 13.6. The van der Waals surface area contributed by atoms with Crippen LogP contribution in [-0.4, -0.2) is 38.3 Å². The highest BCUT2D eigenvalue weighted by molar-refractivity contribution is 7.89. The molecule has 0 unspecified atom stereocenters. The molecule has 0 saturated carbocycles. The SMILES string of the molecule is Cc1ccc(NC(=O)COc2ccc(S(=O)(=O)N3CCCC3)cc2)cc1. The van der Waals surface area contributed by atoms with E-state index < -0.39 is 10.0 Å². The Bertz CT molecular complexity index is 855. The van der Waals surface area contributed by atoms with Gasteiger partial charge in [-0.3, -0.25) is 4.79 Å². The molecule has 0 aromatic heterocycles. The van der Waals surface area contributed by atoms with E-state index in [0.29, 0.717) is 24.5 Å². The third-order valence-corrected chi connectivity index (χ3v) is 6.14. The average Bonchev–Trinajstić information content (AvgIpc) is 3.18. The molecule has 6 nitrogen and oxygen atoms in total. The summed E-state index contributed by atoms with van der Waals surface area (Å²) >= 11 is 0. The number of anilines is 1. The van der Waals surface area contributed by atoms with E-state index in [2.05, 4.69) is 5.32 Å². The molecule has 2 aromatic rings. The Labute approximate surface area is 153 Å². The molecule has 0 radical (unpaired) electrons. The summed E-state index contributed by atoms with van der Waals surface area (Å²) < 4.78 is 31.9. The number of nitrogens with one attached hydrogen (secondary N) is 1. The number of carbonyl (C=O) groups excluding carboxylic acids is 1. The van der Waals surface area contributed by atoms with Gasteiger partial charge in [0.15, 0.2) is 6.61 Å². The molecule has 1 heterocycles. The largest absolute Gasteiger partial charge is 0.484 e. The van der Waals surface area contributed by atoms with Gasteiger partial charge in [0.1, 0.15) is 5.75 Å². The Balaban J connectivity index is 1.55. The normalized spacial score (nSPS) is 15.0. The van der Waals surface area contributed by atoms with E-state index in [4.69, 9.17) is 4.74 Å². The van der Waals surface area contributed by atoms with E-state index in [-0.39, 0.29) is 17.4 Å². The van der Waals surface area contributed by atoms with Crippen LogP contribution in [0, 0.1) is 6.92 Å². The van der Waals surface area contributed by atoms with Crippen molar-refractivity contribution in [3.8, 4) is 5.75 Å². The summed E-state index contributed by atoms with van der Waals surface area (Å²) in [7, 11) is -3.43. The van der Waals surface area contributed by atoms with Crippen LogP contribution in [0.15, 0.2) is 53.4 Å². The third-order valence-electron chi connectivity index (χ3n) is 4.23. The van der Waals surface area contributed by atoms with E-state index in [1.807, 2.05) is 31.2 Å². The molecule has 26 heavy (non-hydrogen) atoms. The topological polar surface area (TPSA) is 75.7 Å². The molecule has 0 aliphatic carbocycles. The van der Waals surface area contributed by atoms with Crippen LogP contribution in [0.25, 0.3) is 0 Å². The van der Waals surface area contributed by atoms with Crippen molar-refractivity contribution in [1.29, 1.82) is 0 Å². The fourth-order valence-electron chi connectivity index (χ4n) is 2.77. The number of carbonyl (C=O) groups is 1. The molecule has 0 atom stereocenters. The van der Waals surface area contributed by atoms with E-state index in [1.54, 1.807) is 12.1 Å². The van der Waals surface area contributed by atoms with Crippen molar-refractivity contribution in [2.75, 3.05) is 25.0 Å². The van der Waals surface area contributed by atoms with Crippen LogP contribution in [0.5, 0.6) is 5.75 Å². The highest BCUT2D eigenvalue weighted by Gasteiger charge is 2.26. The molecule has 1 saturated heterocycles.